The molecule has 0 heterocycles. The van der Waals surface area contributed by atoms with Gasteiger partial charge in [0.25, 0.3) is 5.91 Å². The smallest absolute Gasteiger partial charge is 0.339 e. The summed E-state index contributed by atoms with van der Waals surface area (Å²) in [4.78, 5) is 24.6. The molecule has 0 aliphatic rings. The van der Waals surface area contributed by atoms with Gasteiger partial charge in [-0.25, -0.2) is 4.79 Å². The highest BCUT2D eigenvalue weighted by Gasteiger charge is 2.21. The molecule has 5 nitrogen and oxygen atoms in total. The van der Waals surface area contributed by atoms with Crippen molar-refractivity contribution in [1.29, 1.82) is 0 Å². The first-order valence-corrected chi connectivity index (χ1v) is 8.76. The summed E-state index contributed by atoms with van der Waals surface area (Å²) in [6.45, 7) is 1.87. The molecule has 0 spiro atoms. The molecule has 0 aromatic heterocycles. The summed E-state index contributed by atoms with van der Waals surface area (Å²) < 4.78 is 10.7. The summed E-state index contributed by atoms with van der Waals surface area (Å²) in [6, 6.07) is 20.4. The Labute approximate surface area is 157 Å². The topological polar surface area (TPSA) is 64.6 Å². The maximum Gasteiger partial charge on any atom is 0.339 e. The third kappa shape index (κ3) is 4.26. The summed E-state index contributed by atoms with van der Waals surface area (Å²) in [5.74, 6) is -0.201. The highest BCUT2D eigenvalue weighted by Crippen LogP contribution is 2.23. The molecule has 0 saturated carbocycles. The van der Waals surface area contributed by atoms with Crippen LogP contribution >= 0.6 is 0 Å². The van der Waals surface area contributed by atoms with Crippen LogP contribution in [-0.4, -0.2) is 25.1 Å². The van der Waals surface area contributed by atoms with Crippen molar-refractivity contribution in [2.24, 2.45) is 0 Å². The summed E-state index contributed by atoms with van der Waals surface area (Å²) in [7, 11) is 1.30. The van der Waals surface area contributed by atoms with Crippen molar-refractivity contribution in [3.8, 4) is 5.75 Å². The number of nitrogens with one attached hydrogen (secondary N) is 1. The Balaban J connectivity index is 1.77. The van der Waals surface area contributed by atoms with Gasteiger partial charge in [-0.3, -0.25) is 4.79 Å². The summed E-state index contributed by atoms with van der Waals surface area (Å²) >= 11 is 0. The first-order valence-electron chi connectivity index (χ1n) is 8.76. The lowest BCUT2D eigenvalue weighted by Crippen LogP contribution is -2.33. The third-order valence-electron chi connectivity index (χ3n) is 4.25. The summed E-state index contributed by atoms with van der Waals surface area (Å²) in [5.41, 5.74) is 0.698. The highest BCUT2D eigenvalue weighted by molar-refractivity contribution is 6.02. The number of anilines is 1. The van der Waals surface area contributed by atoms with E-state index >= 15 is 0 Å². The molecule has 3 aromatic carbocycles. The van der Waals surface area contributed by atoms with Crippen molar-refractivity contribution in [3.63, 3.8) is 0 Å². The predicted octanol–water partition coefficient (Wildman–Crippen LogP) is 4.42. The van der Waals surface area contributed by atoms with Crippen LogP contribution in [0.4, 0.5) is 5.69 Å². The number of amides is 1. The molecule has 0 bridgehead atoms. The maximum absolute atomic E-state index is 12.7. The van der Waals surface area contributed by atoms with Gasteiger partial charge in [0.05, 0.1) is 18.4 Å². The van der Waals surface area contributed by atoms with Gasteiger partial charge in [-0.15, -0.1) is 0 Å². The van der Waals surface area contributed by atoms with Crippen LogP contribution in [0.2, 0.25) is 0 Å². The zero-order valence-corrected chi connectivity index (χ0v) is 15.3. The van der Waals surface area contributed by atoms with Crippen LogP contribution in [0, 0.1) is 0 Å². The van der Waals surface area contributed by atoms with E-state index in [0.29, 0.717) is 23.4 Å². The molecule has 138 valence electrons. The SMILES string of the molecule is CC[C@@H](Oc1ccc2ccccc2c1)C(=O)Nc1ccccc1C(=O)OC. The zero-order valence-electron chi connectivity index (χ0n) is 15.3. The van der Waals surface area contributed by atoms with E-state index in [1.807, 2.05) is 49.4 Å². The van der Waals surface area contributed by atoms with Crippen LogP contribution in [0.3, 0.4) is 0 Å². The maximum atomic E-state index is 12.7. The lowest BCUT2D eigenvalue weighted by molar-refractivity contribution is -0.122. The minimum atomic E-state index is -0.683. The van der Waals surface area contributed by atoms with Gasteiger partial charge in [-0.05, 0) is 41.5 Å². The number of carbonyl (C=O) groups is 2. The molecular weight excluding hydrogens is 342 g/mol. The Morgan fingerprint density at radius 3 is 2.41 bits per heavy atom. The van der Waals surface area contributed by atoms with Crippen LogP contribution in [-0.2, 0) is 9.53 Å². The Morgan fingerprint density at radius 1 is 0.963 bits per heavy atom. The van der Waals surface area contributed by atoms with Crippen molar-refractivity contribution >= 4 is 28.3 Å². The average Bonchev–Trinajstić information content (AvgIpc) is 2.71. The fraction of sp³-hybridized carbons (Fsp3) is 0.182. The Bertz CT molecular complexity index is 967. The van der Waals surface area contributed by atoms with Gasteiger partial charge in [-0.1, -0.05) is 49.4 Å². The molecule has 1 amide bonds. The van der Waals surface area contributed by atoms with Gasteiger partial charge in [0.2, 0.25) is 0 Å². The second-order valence-electron chi connectivity index (χ2n) is 6.05. The number of methoxy groups -OCH3 is 1. The largest absolute Gasteiger partial charge is 0.481 e. The molecule has 5 heteroatoms. The Morgan fingerprint density at radius 2 is 1.67 bits per heavy atom. The first-order chi connectivity index (χ1) is 13.1. The van der Waals surface area contributed by atoms with Crippen LogP contribution in [0.25, 0.3) is 10.8 Å². The second kappa shape index (κ2) is 8.36. The van der Waals surface area contributed by atoms with Gasteiger partial charge in [0.1, 0.15) is 5.75 Å². The van der Waals surface area contributed by atoms with Crippen LogP contribution in [0.15, 0.2) is 66.7 Å². The molecule has 0 radical (unpaired) electrons. The lowest BCUT2D eigenvalue weighted by atomic mass is 10.1. The number of benzene rings is 3. The minimum Gasteiger partial charge on any atom is -0.481 e. The molecule has 0 aliphatic heterocycles. The van der Waals surface area contributed by atoms with Crippen molar-refractivity contribution in [3.05, 3.63) is 72.3 Å². The molecule has 1 atom stereocenters. The van der Waals surface area contributed by atoms with E-state index in [9.17, 15) is 9.59 Å². The summed E-state index contributed by atoms with van der Waals surface area (Å²) in [5, 5.41) is 4.92. The van der Waals surface area contributed by atoms with Crippen LogP contribution in [0.5, 0.6) is 5.75 Å². The fourth-order valence-corrected chi connectivity index (χ4v) is 2.82. The molecule has 0 fully saturated rings. The standard InChI is InChI=1S/C22H21NO4/c1-3-20(27-17-13-12-15-8-4-5-9-16(15)14-17)21(24)23-19-11-7-6-10-18(19)22(25)26-2/h4-14,20H,3H2,1-2H3,(H,23,24)/t20-/m1/s1. The Kier molecular flexibility index (Phi) is 5.71. The second-order valence-corrected chi connectivity index (χ2v) is 6.05. The Hall–Kier alpha value is -3.34. The quantitative estimate of drug-likeness (QED) is 0.658. The number of esters is 1. The van der Waals surface area contributed by atoms with Crippen LogP contribution < -0.4 is 10.1 Å². The van der Waals surface area contributed by atoms with Crippen molar-refractivity contribution in [1.82, 2.24) is 0 Å². The van der Waals surface area contributed by atoms with Gasteiger partial charge in [-0.2, -0.15) is 0 Å². The number of rotatable bonds is 6. The number of hydrogen-bond acceptors (Lipinski definition) is 4. The lowest BCUT2D eigenvalue weighted by Gasteiger charge is -2.18. The molecule has 3 aromatic rings. The van der Waals surface area contributed by atoms with E-state index in [1.165, 1.54) is 7.11 Å². The predicted molar refractivity (Wildman–Crippen MR) is 105 cm³/mol. The minimum absolute atomic E-state index is 0.300. The normalized spacial score (nSPS) is 11.6. The molecule has 0 saturated heterocycles. The monoisotopic (exact) mass is 363 g/mol. The van der Waals surface area contributed by atoms with Gasteiger partial charge in [0.15, 0.2) is 6.10 Å². The van der Waals surface area contributed by atoms with E-state index in [0.717, 1.165) is 10.8 Å². The highest BCUT2D eigenvalue weighted by atomic mass is 16.5. The molecule has 0 aliphatic carbocycles. The number of para-hydroxylation sites is 1. The molecule has 3 rings (SSSR count). The van der Waals surface area contributed by atoms with E-state index in [4.69, 9.17) is 9.47 Å². The van der Waals surface area contributed by atoms with Gasteiger partial charge >= 0.3 is 5.97 Å². The van der Waals surface area contributed by atoms with Gasteiger partial charge in [0, 0.05) is 0 Å². The van der Waals surface area contributed by atoms with Crippen molar-refractivity contribution in [2.75, 3.05) is 12.4 Å². The van der Waals surface area contributed by atoms with E-state index in [1.54, 1.807) is 24.3 Å². The third-order valence-corrected chi connectivity index (χ3v) is 4.25. The van der Waals surface area contributed by atoms with E-state index in [-0.39, 0.29) is 5.91 Å². The molecule has 0 unspecified atom stereocenters. The summed E-state index contributed by atoms with van der Waals surface area (Å²) in [6.07, 6.45) is -0.198. The zero-order chi connectivity index (χ0) is 19.2. The average molecular weight is 363 g/mol. The van der Waals surface area contributed by atoms with E-state index in [2.05, 4.69) is 5.32 Å². The number of fused-ring (bicyclic) bond motifs is 1. The number of hydrogen-bond donors (Lipinski definition) is 1. The van der Waals surface area contributed by atoms with E-state index < -0.39 is 12.1 Å². The first kappa shape index (κ1) is 18.5. The molecule has 1 N–H and O–H groups in total. The number of ether oxygens (including phenoxy) is 2. The molecular formula is C22H21NO4. The number of carbonyl (C=O) groups excluding carboxylic acids is 2. The van der Waals surface area contributed by atoms with Crippen LogP contribution in [0.1, 0.15) is 23.7 Å². The fourth-order valence-electron chi connectivity index (χ4n) is 2.82. The van der Waals surface area contributed by atoms with Crippen molar-refractivity contribution in [2.45, 2.75) is 19.4 Å². The van der Waals surface area contributed by atoms with Gasteiger partial charge < -0.3 is 14.8 Å². The molecule has 27 heavy (non-hydrogen) atoms. The van der Waals surface area contributed by atoms with Crippen molar-refractivity contribution < 1.29 is 19.1 Å².